The van der Waals surface area contributed by atoms with Crippen LogP contribution in [0.4, 0.5) is 0 Å². The Morgan fingerprint density at radius 3 is 2.00 bits per heavy atom. The maximum atomic E-state index is 11.0. The Morgan fingerprint density at radius 2 is 1.55 bits per heavy atom. The van der Waals surface area contributed by atoms with E-state index in [4.69, 9.17) is 20.2 Å². The summed E-state index contributed by atoms with van der Waals surface area (Å²) in [5.41, 5.74) is -0.121. The fourth-order valence-electron chi connectivity index (χ4n) is 1.94. The van der Waals surface area contributed by atoms with Crippen molar-refractivity contribution in [3.63, 3.8) is 0 Å². The normalized spacial score (nSPS) is 11.3. The first kappa shape index (κ1) is 16.4. The van der Waals surface area contributed by atoms with Gasteiger partial charge < -0.3 is 30.1 Å². The minimum absolute atomic E-state index is 0.0721. The maximum Gasteiger partial charge on any atom is 0.199 e. The minimum Gasteiger partial charge on any atom is -0.545 e. The zero-order valence-electron chi connectivity index (χ0n) is 11.1. The number of para-hydroxylation sites is 1. The van der Waals surface area contributed by atoms with Crippen molar-refractivity contribution in [2.75, 3.05) is 39.5 Å². The molecule has 0 aromatic heterocycles. The highest BCUT2D eigenvalue weighted by atomic mass is 16.7. The number of carboxylic acid groups (broad SMARTS) is 1. The monoisotopic (exact) mass is 285 g/mol. The summed E-state index contributed by atoms with van der Waals surface area (Å²) in [7, 11) is 0. The molecule has 0 aliphatic rings. The third kappa shape index (κ3) is 4.17. The Balaban J connectivity index is 3.07. The number of rotatable bonds is 9. The number of hydrogen-bond acceptors (Lipinski definition) is 6. The molecule has 0 aliphatic carbocycles. The lowest BCUT2D eigenvalue weighted by atomic mass is 10.2. The fourth-order valence-corrected chi connectivity index (χ4v) is 1.94. The third-order valence-electron chi connectivity index (χ3n) is 2.92. The van der Waals surface area contributed by atoms with E-state index in [9.17, 15) is 9.90 Å². The Labute approximate surface area is 116 Å². The molecule has 0 bridgehead atoms. The quantitative estimate of drug-likeness (QED) is 0.362. The number of carboxylic acids is 1. The van der Waals surface area contributed by atoms with Crippen LogP contribution in [0.2, 0.25) is 0 Å². The molecular formula is C13H19NO6. The molecule has 0 amide bonds. The fraction of sp³-hybridized carbons (Fsp3) is 0.462. The molecule has 7 heteroatoms. The number of benzene rings is 1. The van der Waals surface area contributed by atoms with Gasteiger partial charge in [0, 0.05) is 5.56 Å². The first-order valence-corrected chi connectivity index (χ1v) is 6.27. The van der Waals surface area contributed by atoms with Gasteiger partial charge >= 0.3 is 0 Å². The Morgan fingerprint density at radius 1 is 1.05 bits per heavy atom. The van der Waals surface area contributed by atoms with Crippen LogP contribution < -0.4 is 9.94 Å². The van der Waals surface area contributed by atoms with Gasteiger partial charge in [-0.25, -0.2) is 0 Å². The van der Waals surface area contributed by atoms with Gasteiger partial charge in [0.15, 0.2) is 5.75 Å². The molecule has 0 radical (unpaired) electrons. The van der Waals surface area contributed by atoms with E-state index in [-0.39, 0.29) is 55.4 Å². The smallest absolute Gasteiger partial charge is 0.199 e. The van der Waals surface area contributed by atoms with Crippen LogP contribution in [-0.2, 0) is 0 Å². The first-order chi connectivity index (χ1) is 9.58. The SMILES string of the molecule is O=C([O-])c1ccccc1O[N+](CCO)(CCO)CCO. The molecule has 0 saturated carbocycles. The van der Waals surface area contributed by atoms with Crippen molar-refractivity contribution < 1.29 is 34.7 Å². The van der Waals surface area contributed by atoms with Gasteiger partial charge in [0.1, 0.15) is 19.6 Å². The molecule has 7 nitrogen and oxygen atoms in total. The van der Waals surface area contributed by atoms with Crippen molar-refractivity contribution in [3.8, 4) is 5.75 Å². The lowest BCUT2D eigenvalue weighted by Crippen LogP contribution is -2.56. The lowest BCUT2D eigenvalue weighted by molar-refractivity contribution is -1.08. The van der Waals surface area contributed by atoms with Crippen LogP contribution in [0.25, 0.3) is 0 Å². The molecule has 1 rings (SSSR count). The lowest BCUT2D eigenvalue weighted by Gasteiger charge is -2.34. The van der Waals surface area contributed by atoms with Gasteiger partial charge in [0.2, 0.25) is 0 Å². The van der Waals surface area contributed by atoms with Crippen molar-refractivity contribution in [1.29, 1.82) is 0 Å². The largest absolute Gasteiger partial charge is 0.545 e. The number of hydroxylamine groups is 3. The van der Waals surface area contributed by atoms with Gasteiger partial charge in [-0.05, 0) is 12.1 Å². The van der Waals surface area contributed by atoms with E-state index in [2.05, 4.69) is 0 Å². The van der Waals surface area contributed by atoms with Gasteiger partial charge in [0.05, 0.1) is 25.8 Å². The predicted octanol–water partition coefficient (Wildman–Crippen LogP) is -1.86. The van der Waals surface area contributed by atoms with Crippen molar-refractivity contribution in [2.24, 2.45) is 0 Å². The Kier molecular flexibility index (Phi) is 6.40. The highest BCUT2D eigenvalue weighted by molar-refractivity contribution is 5.89. The van der Waals surface area contributed by atoms with Crippen molar-refractivity contribution in [1.82, 2.24) is 0 Å². The number of carbonyl (C=O) groups is 1. The molecule has 0 heterocycles. The summed E-state index contributed by atoms with van der Waals surface area (Å²) in [6.07, 6.45) is 0. The van der Waals surface area contributed by atoms with E-state index in [0.29, 0.717) is 0 Å². The molecule has 1 aromatic carbocycles. The predicted molar refractivity (Wildman–Crippen MR) is 67.5 cm³/mol. The van der Waals surface area contributed by atoms with Gasteiger partial charge in [-0.15, -0.1) is 4.65 Å². The number of aliphatic hydroxyl groups excluding tert-OH is 3. The Hall–Kier alpha value is -1.67. The summed E-state index contributed by atoms with van der Waals surface area (Å²) in [6.45, 7) is -0.345. The molecule has 0 atom stereocenters. The van der Waals surface area contributed by atoms with Gasteiger partial charge in [-0.2, -0.15) is 0 Å². The average Bonchev–Trinajstić information content (AvgIpc) is 2.40. The van der Waals surface area contributed by atoms with Crippen molar-refractivity contribution in [3.05, 3.63) is 29.8 Å². The summed E-state index contributed by atoms with van der Waals surface area (Å²) in [6, 6.07) is 5.95. The van der Waals surface area contributed by atoms with E-state index in [1.54, 1.807) is 6.07 Å². The van der Waals surface area contributed by atoms with E-state index >= 15 is 0 Å². The molecule has 0 aliphatic heterocycles. The number of aliphatic hydroxyl groups is 3. The second-order valence-electron chi connectivity index (χ2n) is 4.27. The zero-order chi connectivity index (χ0) is 15.0. The number of nitrogens with zero attached hydrogens (tertiary/aromatic N) is 1. The number of hydrogen-bond donors (Lipinski definition) is 3. The van der Waals surface area contributed by atoms with E-state index < -0.39 is 5.97 Å². The molecular weight excluding hydrogens is 266 g/mol. The standard InChI is InChI=1S/C13H19NO6/c15-8-5-14(6-9-16,7-10-17)20-12-4-2-1-3-11(12)13(18)19/h1-4,15-17H,5-10H2. The van der Waals surface area contributed by atoms with Crippen LogP contribution in [0, 0.1) is 0 Å². The maximum absolute atomic E-state index is 11.0. The highest BCUT2D eigenvalue weighted by Crippen LogP contribution is 2.22. The molecule has 0 saturated heterocycles. The van der Waals surface area contributed by atoms with Crippen LogP contribution in [0.5, 0.6) is 5.75 Å². The molecule has 1 aromatic rings. The summed E-state index contributed by atoms with van der Waals surface area (Å²) >= 11 is 0. The number of carbonyl (C=O) groups excluding carboxylic acids is 1. The van der Waals surface area contributed by atoms with Crippen LogP contribution in [0.1, 0.15) is 10.4 Å². The second-order valence-corrected chi connectivity index (χ2v) is 4.27. The van der Waals surface area contributed by atoms with Crippen LogP contribution >= 0.6 is 0 Å². The zero-order valence-corrected chi connectivity index (χ0v) is 11.1. The molecule has 112 valence electrons. The van der Waals surface area contributed by atoms with E-state index in [1.165, 1.54) is 18.2 Å². The summed E-state index contributed by atoms with van der Waals surface area (Å²) in [5.74, 6) is -1.31. The third-order valence-corrected chi connectivity index (χ3v) is 2.92. The average molecular weight is 285 g/mol. The second kappa shape index (κ2) is 7.81. The Bertz CT molecular complexity index is 420. The number of quaternary nitrogens is 1. The first-order valence-electron chi connectivity index (χ1n) is 6.27. The van der Waals surface area contributed by atoms with Crippen LogP contribution in [0.15, 0.2) is 24.3 Å². The summed E-state index contributed by atoms with van der Waals surface area (Å²) < 4.78 is -0.270. The van der Waals surface area contributed by atoms with E-state index in [0.717, 1.165) is 0 Å². The van der Waals surface area contributed by atoms with E-state index in [1.807, 2.05) is 0 Å². The van der Waals surface area contributed by atoms with Gasteiger partial charge in [-0.1, -0.05) is 12.1 Å². The van der Waals surface area contributed by atoms with Crippen molar-refractivity contribution >= 4 is 5.97 Å². The molecule has 0 unspecified atom stereocenters. The molecule has 0 spiro atoms. The summed E-state index contributed by atoms with van der Waals surface area (Å²) in [4.78, 5) is 16.7. The molecule has 20 heavy (non-hydrogen) atoms. The van der Waals surface area contributed by atoms with Crippen molar-refractivity contribution in [2.45, 2.75) is 0 Å². The summed E-state index contributed by atoms with van der Waals surface area (Å²) in [5, 5.41) is 38.4. The molecule has 3 N–H and O–H groups in total. The van der Waals surface area contributed by atoms with Gasteiger partial charge in [0.25, 0.3) is 0 Å². The van der Waals surface area contributed by atoms with Crippen LogP contribution in [0.3, 0.4) is 0 Å². The van der Waals surface area contributed by atoms with Crippen LogP contribution in [-0.4, -0.2) is 65.4 Å². The number of aromatic carboxylic acids is 1. The molecule has 0 fully saturated rings. The highest BCUT2D eigenvalue weighted by Gasteiger charge is 2.30. The van der Waals surface area contributed by atoms with Gasteiger partial charge in [-0.3, -0.25) is 0 Å². The minimum atomic E-state index is -1.38. The topological polar surface area (TPSA) is 110 Å².